The van der Waals surface area contributed by atoms with Gasteiger partial charge in [0.1, 0.15) is 24.2 Å². The van der Waals surface area contributed by atoms with Crippen molar-refractivity contribution in [1.82, 2.24) is 14.7 Å². The Morgan fingerprint density at radius 2 is 1.20 bits per heavy atom. The Balaban J connectivity index is 0.00000113. The van der Waals surface area contributed by atoms with E-state index in [0.717, 1.165) is 38.5 Å². The third kappa shape index (κ3) is 17.0. The van der Waals surface area contributed by atoms with Crippen molar-refractivity contribution in [2.24, 2.45) is 22.9 Å². The predicted molar refractivity (Wildman–Crippen MR) is 200 cm³/mol. The van der Waals surface area contributed by atoms with Crippen LogP contribution in [-0.4, -0.2) is 118 Å². The van der Waals surface area contributed by atoms with Crippen molar-refractivity contribution in [2.45, 2.75) is 172 Å². The van der Waals surface area contributed by atoms with Gasteiger partial charge in [-0.3, -0.25) is 19.2 Å². The van der Waals surface area contributed by atoms with E-state index < -0.39 is 42.1 Å². The van der Waals surface area contributed by atoms with Crippen LogP contribution in [0.2, 0.25) is 0 Å². The highest BCUT2D eigenvalue weighted by atomic mass is 16.4. The van der Waals surface area contributed by atoms with Crippen molar-refractivity contribution in [3.05, 3.63) is 0 Å². The van der Waals surface area contributed by atoms with Gasteiger partial charge in [0.15, 0.2) is 0 Å². The van der Waals surface area contributed by atoms with Crippen LogP contribution in [0.25, 0.3) is 0 Å². The monoisotopic (exact) mass is 726 g/mol. The van der Waals surface area contributed by atoms with Gasteiger partial charge in [-0.05, 0) is 84.2 Å². The zero-order valence-corrected chi connectivity index (χ0v) is 31.7. The van der Waals surface area contributed by atoms with Crippen LogP contribution in [-0.2, 0) is 24.0 Å². The van der Waals surface area contributed by atoms with Gasteiger partial charge in [0, 0.05) is 19.6 Å². The van der Waals surface area contributed by atoms with E-state index in [4.69, 9.17) is 28.0 Å². The van der Waals surface area contributed by atoms with E-state index in [1.807, 2.05) is 0 Å². The summed E-state index contributed by atoms with van der Waals surface area (Å²) in [7, 11) is 0. The molecule has 14 heteroatoms. The molecular weight excluding hydrogens is 654 g/mol. The number of carboxylic acid groups (broad SMARTS) is 2. The molecule has 0 radical (unpaired) electrons. The maximum Gasteiger partial charge on any atom is 0.326 e. The first kappa shape index (κ1) is 46.2. The summed E-state index contributed by atoms with van der Waals surface area (Å²) in [5, 5.41) is 18.5. The second kappa shape index (κ2) is 26.9. The van der Waals surface area contributed by atoms with E-state index >= 15 is 0 Å². The average Bonchev–Trinajstić information content (AvgIpc) is 3.80. The van der Waals surface area contributed by atoms with Crippen LogP contribution in [0.4, 0.5) is 0 Å². The Hall–Kier alpha value is -2.81. The van der Waals surface area contributed by atoms with Crippen molar-refractivity contribution in [3.63, 3.8) is 0 Å². The van der Waals surface area contributed by atoms with Crippen LogP contribution in [0.3, 0.4) is 0 Å². The zero-order valence-electron chi connectivity index (χ0n) is 31.7. The molecule has 2 fully saturated rings. The summed E-state index contributed by atoms with van der Waals surface area (Å²) in [6, 6.07) is -3.66. The molecule has 296 valence electrons. The van der Waals surface area contributed by atoms with Crippen molar-refractivity contribution in [3.8, 4) is 0 Å². The number of carboxylic acids is 2. The maximum atomic E-state index is 14.0. The topological polar surface area (TPSA) is 240 Å². The largest absolute Gasteiger partial charge is 0.480 e. The van der Waals surface area contributed by atoms with Gasteiger partial charge in [-0.1, -0.05) is 71.1 Å². The van der Waals surface area contributed by atoms with Crippen molar-refractivity contribution in [1.29, 1.82) is 0 Å². The summed E-state index contributed by atoms with van der Waals surface area (Å²) in [5.74, 6) is -2.70. The number of aliphatic carboxylic acids is 2. The van der Waals surface area contributed by atoms with E-state index in [-0.39, 0.29) is 17.7 Å². The molecule has 2 heterocycles. The molecule has 14 nitrogen and oxygen atoms in total. The van der Waals surface area contributed by atoms with E-state index in [0.29, 0.717) is 84.1 Å². The molecule has 0 aromatic carbocycles. The van der Waals surface area contributed by atoms with Crippen LogP contribution in [0.15, 0.2) is 0 Å². The Labute approximate surface area is 306 Å². The number of nitrogens with two attached hydrogens (primary N) is 4. The number of hydrogen-bond donors (Lipinski definition) is 6. The maximum absolute atomic E-state index is 14.0. The molecule has 3 amide bonds. The normalized spacial score (nSPS) is 18.9. The minimum absolute atomic E-state index is 0.221. The highest BCUT2D eigenvalue weighted by Gasteiger charge is 2.44. The van der Waals surface area contributed by atoms with Crippen LogP contribution in [0.1, 0.15) is 142 Å². The van der Waals surface area contributed by atoms with Gasteiger partial charge in [-0.15, -0.1) is 0 Å². The first-order chi connectivity index (χ1) is 24.4. The SMILES string of the molecule is CCCCCCCCCCCCN(C(=O)[C@@H]1CCCN1C(=O)[C@@H]1CCCN1C(=O)[C@H](C)N)[C@@H](CCCCN)C(=O)O.NCCCC[C@H](N)C(=O)O. The molecule has 2 saturated heterocycles. The van der Waals surface area contributed by atoms with Gasteiger partial charge < -0.3 is 47.8 Å². The average molecular weight is 726 g/mol. The van der Waals surface area contributed by atoms with Gasteiger partial charge in [0.05, 0.1) is 6.04 Å². The lowest BCUT2D eigenvalue weighted by atomic mass is 10.0. The number of hydrogen-bond acceptors (Lipinski definition) is 9. The second-order valence-corrected chi connectivity index (χ2v) is 14.2. The summed E-state index contributed by atoms with van der Waals surface area (Å²) < 4.78 is 0. The van der Waals surface area contributed by atoms with E-state index in [2.05, 4.69) is 6.92 Å². The number of rotatable bonds is 25. The molecule has 5 atom stereocenters. The number of carbonyl (C=O) groups is 5. The first-order valence-electron chi connectivity index (χ1n) is 19.7. The van der Waals surface area contributed by atoms with Crippen molar-refractivity contribution >= 4 is 29.7 Å². The van der Waals surface area contributed by atoms with E-state index in [1.54, 1.807) is 16.7 Å². The standard InChI is InChI=1S/C31H57N5O5.C6H14N2O2/c1-3-4-5-6-7-8-9-10-11-14-21-36(27(31(40)41)17-12-13-20-32)30(39)26-19-16-23-35(26)29(38)25-18-15-22-34(25)28(37)24(2)33;7-4-2-1-3-5(8)6(9)10/h24-27H,3-23,32-33H2,1-2H3,(H,40,41);5H,1-4,7-8H2,(H,9,10)/t24-,25-,26-,27-;5-/m00/s1. The molecular formula is C37H71N7O7. The molecule has 2 aliphatic heterocycles. The second-order valence-electron chi connectivity index (χ2n) is 14.2. The number of unbranched alkanes of at least 4 members (excludes halogenated alkanes) is 11. The number of likely N-dealkylation sites (tertiary alicyclic amines) is 2. The highest BCUT2D eigenvalue weighted by Crippen LogP contribution is 2.27. The molecule has 10 N–H and O–H groups in total. The van der Waals surface area contributed by atoms with Gasteiger partial charge in [0.2, 0.25) is 17.7 Å². The molecule has 51 heavy (non-hydrogen) atoms. The van der Waals surface area contributed by atoms with Crippen LogP contribution in [0.5, 0.6) is 0 Å². The highest BCUT2D eigenvalue weighted by molar-refractivity contribution is 5.94. The summed E-state index contributed by atoms with van der Waals surface area (Å²) in [4.78, 5) is 67.5. The lowest BCUT2D eigenvalue weighted by Gasteiger charge is -2.36. The fraction of sp³-hybridized carbons (Fsp3) is 0.865. The molecule has 0 aromatic heterocycles. The van der Waals surface area contributed by atoms with Crippen LogP contribution in [0, 0.1) is 0 Å². The van der Waals surface area contributed by atoms with E-state index in [1.165, 1.54) is 43.4 Å². The van der Waals surface area contributed by atoms with Gasteiger partial charge in [0.25, 0.3) is 0 Å². The molecule has 0 aliphatic carbocycles. The predicted octanol–water partition coefficient (Wildman–Crippen LogP) is 3.17. The van der Waals surface area contributed by atoms with Gasteiger partial charge in [-0.25, -0.2) is 4.79 Å². The molecule has 0 spiro atoms. The fourth-order valence-corrected chi connectivity index (χ4v) is 6.93. The Morgan fingerprint density at radius 3 is 1.71 bits per heavy atom. The summed E-state index contributed by atoms with van der Waals surface area (Å²) in [6.45, 7) is 6.20. The molecule has 2 rings (SSSR count). The molecule has 0 bridgehead atoms. The quantitative estimate of drug-likeness (QED) is 0.0747. The molecule has 0 aromatic rings. The number of amides is 3. The van der Waals surface area contributed by atoms with Crippen LogP contribution >= 0.6 is 0 Å². The van der Waals surface area contributed by atoms with E-state index in [9.17, 15) is 29.1 Å². The lowest BCUT2D eigenvalue weighted by molar-refractivity contribution is -0.155. The van der Waals surface area contributed by atoms with Crippen molar-refractivity contribution in [2.75, 3.05) is 32.7 Å². The third-order valence-electron chi connectivity index (χ3n) is 9.95. The summed E-state index contributed by atoms with van der Waals surface area (Å²) >= 11 is 0. The molecule has 2 aliphatic rings. The number of carbonyl (C=O) groups excluding carboxylic acids is 3. The molecule has 0 unspecified atom stereocenters. The van der Waals surface area contributed by atoms with Crippen LogP contribution < -0.4 is 22.9 Å². The smallest absolute Gasteiger partial charge is 0.326 e. The Morgan fingerprint density at radius 1 is 0.686 bits per heavy atom. The lowest BCUT2D eigenvalue weighted by Crippen LogP contribution is -2.57. The zero-order chi connectivity index (χ0) is 38.2. The third-order valence-corrected chi connectivity index (χ3v) is 9.95. The van der Waals surface area contributed by atoms with Gasteiger partial charge in [-0.2, -0.15) is 0 Å². The first-order valence-corrected chi connectivity index (χ1v) is 19.7. The minimum atomic E-state index is -1.01. The Kier molecular flexibility index (Phi) is 24.4. The molecule has 0 saturated carbocycles. The summed E-state index contributed by atoms with van der Waals surface area (Å²) in [6.07, 6.45) is 17.8. The van der Waals surface area contributed by atoms with Gasteiger partial charge >= 0.3 is 11.9 Å². The fourth-order valence-electron chi connectivity index (χ4n) is 6.93. The minimum Gasteiger partial charge on any atom is -0.480 e. The van der Waals surface area contributed by atoms with Crippen molar-refractivity contribution < 1.29 is 34.2 Å². The Bertz CT molecular complexity index is 1030. The number of nitrogens with zero attached hydrogens (tertiary/aromatic N) is 3. The summed E-state index contributed by atoms with van der Waals surface area (Å²) in [5.41, 5.74) is 21.9.